The van der Waals surface area contributed by atoms with E-state index in [1.165, 1.54) is 10.4 Å². The summed E-state index contributed by atoms with van der Waals surface area (Å²) < 4.78 is 0. The van der Waals surface area contributed by atoms with Crippen molar-refractivity contribution >= 4 is 17.2 Å². The molecule has 0 radical (unpaired) electrons. The molecule has 3 rings (SSSR count). The van der Waals surface area contributed by atoms with E-state index in [2.05, 4.69) is 46.9 Å². The Kier molecular flexibility index (Phi) is 3.33. The van der Waals surface area contributed by atoms with Gasteiger partial charge in [0, 0.05) is 22.3 Å². The standard InChI is InChI=1S/C15H16N4S/c1-3-4-13-11(7-16)14(10-5-6-20-9(10)2)12-8-17-19-15(12)18-13/h5-6,8,14H,3-4H2,1-2H3,(H2,17,18,19). The Hall–Kier alpha value is -2.06. The lowest BCUT2D eigenvalue weighted by atomic mass is 9.83. The molecular weight excluding hydrogens is 268 g/mol. The number of nitrogens with zero attached hydrogens (tertiary/aromatic N) is 2. The van der Waals surface area contributed by atoms with Gasteiger partial charge in [-0.3, -0.25) is 5.10 Å². The lowest BCUT2D eigenvalue weighted by Gasteiger charge is -2.25. The largest absolute Gasteiger partial charge is 0.341 e. The predicted octanol–water partition coefficient (Wildman–Crippen LogP) is 3.91. The van der Waals surface area contributed by atoms with Gasteiger partial charge in [0.1, 0.15) is 0 Å². The Morgan fingerprint density at radius 1 is 1.45 bits per heavy atom. The summed E-state index contributed by atoms with van der Waals surface area (Å²) in [6, 6.07) is 4.53. The van der Waals surface area contributed by atoms with Crippen LogP contribution in [0, 0.1) is 18.3 Å². The van der Waals surface area contributed by atoms with Gasteiger partial charge in [0.05, 0.1) is 17.6 Å². The molecule has 0 bridgehead atoms. The quantitative estimate of drug-likeness (QED) is 0.898. The molecule has 1 aliphatic rings. The van der Waals surface area contributed by atoms with Crippen molar-refractivity contribution < 1.29 is 0 Å². The second-order valence-corrected chi connectivity index (χ2v) is 6.05. The molecule has 1 unspecified atom stereocenters. The SMILES string of the molecule is CCCC1=C(C#N)C(c2ccsc2C)c2c[nH]nc2N1. The maximum Gasteiger partial charge on any atom is 0.156 e. The summed E-state index contributed by atoms with van der Waals surface area (Å²) >= 11 is 1.72. The molecule has 0 amide bonds. The molecule has 2 N–H and O–H groups in total. The first-order valence-corrected chi connectivity index (χ1v) is 7.62. The van der Waals surface area contributed by atoms with Gasteiger partial charge < -0.3 is 5.32 Å². The molecule has 5 heteroatoms. The van der Waals surface area contributed by atoms with Gasteiger partial charge in [0.25, 0.3) is 0 Å². The van der Waals surface area contributed by atoms with E-state index >= 15 is 0 Å². The van der Waals surface area contributed by atoms with Crippen LogP contribution in [-0.2, 0) is 0 Å². The lowest BCUT2D eigenvalue weighted by Crippen LogP contribution is -2.17. The third-order valence-electron chi connectivity index (χ3n) is 3.69. The Labute approximate surface area is 122 Å². The van der Waals surface area contributed by atoms with Crippen LogP contribution in [0.15, 0.2) is 28.9 Å². The third-order valence-corrected chi connectivity index (χ3v) is 4.56. The molecule has 1 atom stereocenters. The Morgan fingerprint density at radius 2 is 2.30 bits per heavy atom. The number of nitrogens with one attached hydrogen (secondary N) is 2. The number of rotatable bonds is 3. The fourth-order valence-corrected chi connectivity index (χ4v) is 3.50. The number of allylic oxidation sites excluding steroid dienone is 2. The van der Waals surface area contributed by atoms with Crippen LogP contribution in [0.25, 0.3) is 0 Å². The second-order valence-electron chi connectivity index (χ2n) is 4.93. The summed E-state index contributed by atoms with van der Waals surface area (Å²) in [6.45, 7) is 4.23. The number of hydrogen-bond donors (Lipinski definition) is 2. The van der Waals surface area contributed by atoms with Crippen molar-refractivity contribution in [1.82, 2.24) is 10.2 Å². The molecule has 0 aliphatic carbocycles. The number of anilines is 1. The van der Waals surface area contributed by atoms with Crippen LogP contribution in [0.3, 0.4) is 0 Å². The van der Waals surface area contributed by atoms with E-state index in [1.54, 1.807) is 11.3 Å². The van der Waals surface area contributed by atoms with Crippen molar-refractivity contribution in [3.05, 3.63) is 44.9 Å². The third kappa shape index (κ3) is 1.93. The zero-order valence-corrected chi connectivity index (χ0v) is 12.3. The first kappa shape index (κ1) is 12.9. The maximum absolute atomic E-state index is 9.64. The van der Waals surface area contributed by atoms with Crippen LogP contribution in [-0.4, -0.2) is 10.2 Å². The smallest absolute Gasteiger partial charge is 0.156 e. The molecule has 0 saturated carbocycles. The molecule has 2 aromatic rings. The number of nitriles is 1. The van der Waals surface area contributed by atoms with Crippen molar-refractivity contribution in [1.29, 1.82) is 5.26 Å². The number of fused-ring (bicyclic) bond motifs is 1. The van der Waals surface area contributed by atoms with E-state index in [0.717, 1.165) is 35.5 Å². The minimum Gasteiger partial charge on any atom is -0.341 e. The molecule has 3 heterocycles. The topological polar surface area (TPSA) is 64.5 Å². The highest BCUT2D eigenvalue weighted by atomic mass is 32.1. The van der Waals surface area contributed by atoms with E-state index in [9.17, 15) is 5.26 Å². The van der Waals surface area contributed by atoms with Crippen LogP contribution >= 0.6 is 11.3 Å². The number of aromatic nitrogens is 2. The molecule has 1 aliphatic heterocycles. The van der Waals surface area contributed by atoms with Crippen molar-refractivity contribution in [3.63, 3.8) is 0 Å². The Morgan fingerprint density at radius 3 is 2.95 bits per heavy atom. The second kappa shape index (κ2) is 5.14. The molecule has 0 fully saturated rings. The molecule has 0 saturated heterocycles. The van der Waals surface area contributed by atoms with Crippen LogP contribution < -0.4 is 5.32 Å². The molecule has 2 aromatic heterocycles. The molecule has 0 aromatic carbocycles. The fraction of sp³-hybridized carbons (Fsp3) is 0.333. The van der Waals surface area contributed by atoms with Crippen molar-refractivity contribution in [3.8, 4) is 6.07 Å². The molecule has 20 heavy (non-hydrogen) atoms. The van der Waals surface area contributed by atoms with E-state index in [0.29, 0.717) is 0 Å². The van der Waals surface area contributed by atoms with Gasteiger partial charge in [0.2, 0.25) is 0 Å². The fourth-order valence-electron chi connectivity index (χ4n) is 2.76. The number of H-pyrrole nitrogens is 1. The number of thiophene rings is 1. The first-order chi connectivity index (χ1) is 9.76. The summed E-state index contributed by atoms with van der Waals surface area (Å²) in [4.78, 5) is 1.26. The molecule has 0 spiro atoms. The minimum absolute atomic E-state index is 0.00259. The number of aryl methyl sites for hydroxylation is 1. The van der Waals surface area contributed by atoms with Crippen molar-refractivity contribution in [2.45, 2.75) is 32.6 Å². The van der Waals surface area contributed by atoms with E-state index in [1.807, 2.05) is 6.20 Å². The van der Waals surface area contributed by atoms with Gasteiger partial charge in [-0.05, 0) is 30.4 Å². The predicted molar refractivity (Wildman–Crippen MR) is 80.7 cm³/mol. The van der Waals surface area contributed by atoms with Crippen LogP contribution in [0.2, 0.25) is 0 Å². The minimum atomic E-state index is 0.00259. The Balaban J connectivity index is 2.18. The highest BCUT2D eigenvalue weighted by Crippen LogP contribution is 2.43. The van der Waals surface area contributed by atoms with Crippen LogP contribution in [0.5, 0.6) is 0 Å². The van der Waals surface area contributed by atoms with Crippen molar-refractivity contribution in [2.75, 3.05) is 5.32 Å². The summed E-state index contributed by atoms with van der Waals surface area (Å²) in [5.41, 5.74) is 4.10. The zero-order chi connectivity index (χ0) is 14.1. The number of aromatic amines is 1. The highest BCUT2D eigenvalue weighted by Gasteiger charge is 2.31. The normalized spacial score (nSPS) is 17.6. The summed E-state index contributed by atoms with van der Waals surface area (Å²) in [5, 5.41) is 22.2. The molecule has 4 nitrogen and oxygen atoms in total. The van der Waals surface area contributed by atoms with Crippen LogP contribution in [0.1, 0.15) is 41.7 Å². The van der Waals surface area contributed by atoms with Gasteiger partial charge in [-0.2, -0.15) is 10.4 Å². The summed E-state index contributed by atoms with van der Waals surface area (Å²) in [6.07, 6.45) is 3.77. The van der Waals surface area contributed by atoms with E-state index in [4.69, 9.17) is 0 Å². The summed E-state index contributed by atoms with van der Waals surface area (Å²) in [5.74, 6) is 0.853. The average molecular weight is 284 g/mol. The van der Waals surface area contributed by atoms with Crippen molar-refractivity contribution in [2.24, 2.45) is 0 Å². The van der Waals surface area contributed by atoms with Gasteiger partial charge in [-0.1, -0.05) is 13.3 Å². The van der Waals surface area contributed by atoms with Crippen LogP contribution in [0.4, 0.5) is 5.82 Å². The van der Waals surface area contributed by atoms with Gasteiger partial charge >= 0.3 is 0 Å². The average Bonchev–Trinajstić information content (AvgIpc) is 3.06. The summed E-state index contributed by atoms with van der Waals surface area (Å²) in [7, 11) is 0. The molecular formula is C15H16N4S. The monoisotopic (exact) mass is 284 g/mol. The number of hydrogen-bond acceptors (Lipinski definition) is 4. The Bertz CT molecular complexity index is 702. The maximum atomic E-state index is 9.64. The zero-order valence-electron chi connectivity index (χ0n) is 11.5. The van der Waals surface area contributed by atoms with Gasteiger partial charge in [-0.15, -0.1) is 11.3 Å². The van der Waals surface area contributed by atoms with E-state index < -0.39 is 0 Å². The molecule has 102 valence electrons. The highest BCUT2D eigenvalue weighted by molar-refractivity contribution is 7.10. The van der Waals surface area contributed by atoms with E-state index in [-0.39, 0.29) is 5.92 Å². The van der Waals surface area contributed by atoms with Gasteiger partial charge in [0.15, 0.2) is 5.82 Å². The lowest BCUT2D eigenvalue weighted by molar-refractivity contribution is 0.848. The van der Waals surface area contributed by atoms with Gasteiger partial charge in [-0.25, -0.2) is 0 Å². The first-order valence-electron chi connectivity index (χ1n) is 6.74.